The summed E-state index contributed by atoms with van der Waals surface area (Å²) < 4.78 is 20.2. The molecule has 222 valence electrons. The molecule has 0 unspecified atom stereocenters. The Kier molecular flexibility index (Phi) is 8.41. The lowest BCUT2D eigenvalue weighted by Crippen LogP contribution is -2.42. The van der Waals surface area contributed by atoms with Gasteiger partial charge in [0.2, 0.25) is 0 Å². The summed E-state index contributed by atoms with van der Waals surface area (Å²) in [5.74, 6) is 1.48. The largest absolute Gasteiger partial charge is 0.493 e. The van der Waals surface area contributed by atoms with E-state index in [9.17, 15) is 4.79 Å². The van der Waals surface area contributed by atoms with Crippen molar-refractivity contribution in [1.29, 1.82) is 0 Å². The van der Waals surface area contributed by atoms with Crippen molar-refractivity contribution in [3.63, 3.8) is 0 Å². The van der Waals surface area contributed by atoms with Crippen LogP contribution in [0.1, 0.15) is 65.3 Å². The van der Waals surface area contributed by atoms with Gasteiger partial charge in [0, 0.05) is 47.2 Å². The minimum atomic E-state index is -0.589. The van der Waals surface area contributed by atoms with Crippen LogP contribution < -0.4 is 9.47 Å². The highest BCUT2D eigenvalue weighted by Crippen LogP contribution is 2.48. The second-order valence-corrected chi connectivity index (χ2v) is 13.2. The third kappa shape index (κ3) is 6.12. The first kappa shape index (κ1) is 29.5. The first-order chi connectivity index (χ1) is 19.5. The van der Waals surface area contributed by atoms with Crippen LogP contribution in [0.5, 0.6) is 11.5 Å². The first-order valence-electron chi connectivity index (χ1n) is 14.5. The van der Waals surface area contributed by atoms with Crippen molar-refractivity contribution in [2.24, 2.45) is 0 Å². The smallest absolute Gasteiger partial charge is 0.410 e. The summed E-state index contributed by atoms with van der Waals surface area (Å²) in [4.78, 5) is 23.0. The van der Waals surface area contributed by atoms with E-state index in [0.29, 0.717) is 26.2 Å². The lowest BCUT2D eigenvalue weighted by atomic mass is 9.94. The van der Waals surface area contributed by atoms with Gasteiger partial charge in [-0.15, -0.1) is 11.3 Å². The van der Waals surface area contributed by atoms with Crippen LogP contribution >= 0.6 is 11.3 Å². The summed E-state index contributed by atoms with van der Waals surface area (Å²) in [5, 5.41) is 4.09. The molecule has 4 heterocycles. The molecule has 0 spiro atoms. The minimum Gasteiger partial charge on any atom is -0.493 e. The van der Waals surface area contributed by atoms with E-state index in [2.05, 4.69) is 48.1 Å². The van der Waals surface area contributed by atoms with Gasteiger partial charge in [-0.05, 0) is 84.0 Å². The number of thiophene rings is 1. The van der Waals surface area contributed by atoms with Crippen LogP contribution in [0.25, 0.3) is 21.7 Å². The van der Waals surface area contributed by atoms with Crippen LogP contribution in [0.4, 0.5) is 4.79 Å². The van der Waals surface area contributed by atoms with Gasteiger partial charge in [0.05, 0.1) is 31.1 Å². The second kappa shape index (κ2) is 11.7. The van der Waals surface area contributed by atoms with Gasteiger partial charge in [-0.25, -0.2) is 4.79 Å². The van der Waals surface area contributed by atoms with Gasteiger partial charge in [-0.1, -0.05) is 6.07 Å². The van der Waals surface area contributed by atoms with E-state index in [0.717, 1.165) is 57.4 Å². The predicted molar refractivity (Wildman–Crippen MR) is 162 cm³/mol. The molecule has 0 N–H and O–H groups in total. The van der Waals surface area contributed by atoms with E-state index >= 15 is 0 Å². The third-order valence-corrected chi connectivity index (χ3v) is 8.28. The second-order valence-electron chi connectivity index (χ2n) is 12.3. The van der Waals surface area contributed by atoms with E-state index < -0.39 is 5.60 Å². The highest BCUT2D eigenvalue weighted by molar-refractivity contribution is 7.13. The third-order valence-electron chi connectivity index (χ3n) is 7.40. The maximum Gasteiger partial charge on any atom is 0.410 e. The summed E-state index contributed by atoms with van der Waals surface area (Å²) in [6, 6.07) is 8.65. The maximum absolute atomic E-state index is 13.5. The number of aromatic nitrogens is 1. The van der Waals surface area contributed by atoms with Crippen molar-refractivity contribution >= 4 is 17.4 Å². The van der Waals surface area contributed by atoms with Gasteiger partial charge in [-0.3, -0.25) is 4.84 Å². The Morgan fingerprint density at radius 2 is 1.85 bits per heavy atom. The molecule has 0 fully saturated rings. The van der Waals surface area contributed by atoms with Gasteiger partial charge in [0.25, 0.3) is 0 Å². The van der Waals surface area contributed by atoms with E-state index in [-0.39, 0.29) is 18.2 Å². The highest BCUT2D eigenvalue weighted by atomic mass is 32.1. The van der Waals surface area contributed by atoms with Crippen LogP contribution in [-0.2, 0) is 35.7 Å². The molecule has 2 aliphatic heterocycles. The van der Waals surface area contributed by atoms with Gasteiger partial charge in [-0.2, -0.15) is 5.06 Å². The molecule has 0 bridgehead atoms. The molecule has 8 nitrogen and oxygen atoms in total. The number of aryl methyl sites for hydroxylation is 1. The predicted octanol–water partition coefficient (Wildman–Crippen LogP) is 7.13. The van der Waals surface area contributed by atoms with Crippen molar-refractivity contribution in [3.8, 4) is 33.2 Å². The fraction of sp³-hybridized carbons (Fsp3) is 0.531. The van der Waals surface area contributed by atoms with Crippen LogP contribution in [-0.4, -0.2) is 58.6 Å². The zero-order chi connectivity index (χ0) is 29.5. The topological polar surface area (TPSA) is 65.4 Å². The molecule has 0 aliphatic carbocycles. The zero-order valence-corrected chi connectivity index (χ0v) is 26.4. The number of rotatable bonds is 5. The molecule has 5 rings (SSSR count). The Morgan fingerprint density at radius 3 is 2.49 bits per heavy atom. The van der Waals surface area contributed by atoms with E-state index in [1.165, 1.54) is 5.56 Å². The molecule has 2 aromatic heterocycles. The average Bonchev–Trinajstić information content (AvgIpc) is 3.53. The SMILES string of the molecule is COc1cc2c(cc1OC(C)C)-c1c(-c3cccs3)c3c(n1CC2)CON(C(C)C)CCN(C(=O)OC(C)(C)C)C3. The molecule has 0 radical (unpaired) electrons. The monoisotopic (exact) mass is 581 g/mol. The van der Waals surface area contributed by atoms with E-state index in [1.54, 1.807) is 18.4 Å². The lowest BCUT2D eigenvalue weighted by Gasteiger charge is -2.30. The molecule has 9 heteroatoms. The Balaban J connectivity index is 1.72. The highest BCUT2D eigenvalue weighted by Gasteiger charge is 2.34. The Bertz CT molecular complexity index is 1390. The van der Waals surface area contributed by atoms with Gasteiger partial charge < -0.3 is 23.7 Å². The number of hydrogen-bond donors (Lipinski definition) is 0. The summed E-state index contributed by atoms with van der Waals surface area (Å²) in [6.45, 7) is 16.8. The lowest BCUT2D eigenvalue weighted by molar-refractivity contribution is -0.191. The number of hydrogen-bond acceptors (Lipinski definition) is 7. The van der Waals surface area contributed by atoms with Gasteiger partial charge in [0.1, 0.15) is 12.2 Å². The number of benzene rings is 1. The average molecular weight is 582 g/mol. The fourth-order valence-corrected chi connectivity index (χ4v) is 6.42. The van der Waals surface area contributed by atoms with Crippen LogP contribution in [0.15, 0.2) is 29.6 Å². The number of carbonyl (C=O) groups excluding carboxylic acids is 1. The number of nitrogens with zero attached hydrogens (tertiary/aromatic N) is 3. The molecule has 0 saturated carbocycles. The number of ether oxygens (including phenoxy) is 3. The summed E-state index contributed by atoms with van der Waals surface area (Å²) in [7, 11) is 1.69. The van der Waals surface area contributed by atoms with Crippen molar-refractivity contribution in [1.82, 2.24) is 14.5 Å². The maximum atomic E-state index is 13.5. The molecular weight excluding hydrogens is 538 g/mol. The molecule has 1 aromatic carbocycles. The Labute approximate surface area is 247 Å². The summed E-state index contributed by atoms with van der Waals surface area (Å²) >= 11 is 1.71. The number of amides is 1. The van der Waals surface area contributed by atoms with Crippen molar-refractivity contribution in [2.75, 3.05) is 20.2 Å². The standard InChI is InChI=1S/C32H43N3O5S/c1-20(2)35-14-13-33(31(36)40-32(5,6)7)18-24-25(19-38-35)34-12-11-22-16-26(37-8)27(39-21(3)4)17-23(22)30(34)29(24)28-10-9-15-41-28/h9-10,15-17,20-21H,11-14,18-19H2,1-8H3. The van der Waals surface area contributed by atoms with Crippen molar-refractivity contribution in [3.05, 3.63) is 46.5 Å². The molecule has 2 aliphatic rings. The molecule has 41 heavy (non-hydrogen) atoms. The number of methoxy groups -OCH3 is 1. The van der Waals surface area contributed by atoms with Crippen molar-refractivity contribution in [2.45, 2.75) is 92.3 Å². The van der Waals surface area contributed by atoms with Gasteiger partial charge in [0.15, 0.2) is 11.5 Å². The summed E-state index contributed by atoms with van der Waals surface area (Å²) in [6.07, 6.45) is 0.555. The van der Waals surface area contributed by atoms with Crippen LogP contribution in [0.3, 0.4) is 0 Å². The molecular formula is C32H43N3O5S. The first-order valence-corrected chi connectivity index (χ1v) is 15.4. The molecule has 0 saturated heterocycles. The fourth-order valence-electron chi connectivity index (χ4n) is 5.62. The summed E-state index contributed by atoms with van der Waals surface area (Å²) in [5.41, 5.74) is 6.25. The van der Waals surface area contributed by atoms with E-state index in [1.807, 2.05) is 44.6 Å². The van der Waals surface area contributed by atoms with Crippen LogP contribution in [0, 0.1) is 0 Å². The molecule has 0 atom stereocenters. The molecule has 1 amide bonds. The Hall–Kier alpha value is -3.01. The minimum absolute atomic E-state index is 0.0101. The van der Waals surface area contributed by atoms with Crippen LogP contribution in [0.2, 0.25) is 0 Å². The molecule has 3 aromatic rings. The normalized spacial score (nSPS) is 16.0. The van der Waals surface area contributed by atoms with Crippen molar-refractivity contribution < 1.29 is 23.8 Å². The number of carbonyl (C=O) groups is 1. The number of fused-ring (bicyclic) bond motifs is 5. The van der Waals surface area contributed by atoms with E-state index in [4.69, 9.17) is 19.0 Å². The number of hydroxylamine groups is 2. The zero-order valence-electron chi connectivity index (χ0n) is 25.6. The van der Waals surface area contributed by atoms with Gasteiger partial charge >= 0.3 is 6.09 Å². The Morgan fingerprint density at radius 1 is 1.07 bits per heavy atom. The quantitative estimate of drug-likeness (QED) is 0.319.